The Bertz CT molecular complexity index is 1130. The first-order chi connectivity index (χ1) is 14.5. The third-order valence-electron chi connectivity index (χ3n) is 4.87. The molecule has 30 heavy (non-hydrogen) atoms. The average molecular weight is 441 g/mol. The molecule has 4 rings (SSSR count). The Kier molecular flexibility index (Phi) is 5.57. The summed E-state index contributed by atoms with van der Waals surface area (Å²) in [7, 11) is 1.51. The molecule has 8 heteroatoms. The Morgan fingerprint density at radius 3 is 2.73 bits per heavy atom. The highest BCUT2D eigenvalue weighted by molar-refractivity contribution is 7.09. The van der Waals surface area contributed by atoms with Crippen LogP contribution in [0.1, 0.15) is 22.0 Å². The third kappa shape index (κ3) is 3.58. The number of hydrogen-bond acceptors (Lipinski definition) is 6. The Morgan fingerprint density at radius 1 is 1.27 bits per heavy atom. The summed E-state index contributed by atoms with van der Waals surface area (Å²) in [4.78, 5) is 32.3. The van der Waals surface area contributed by atoms with Crippen LogP contribution in [0.15, 0.2) is 65.8 Å². The van der Waals surface area contributed by atoms with Gasteiger partial charge in [0.15, 0.2) is 0 Å². The lowest BCUT2D eigenvalue weighted by molar-refractivity contribution is -0.140. The van der Waals surface area contributed by atoms with Crippen LogP contribution in [0, 0.1) is 0 Å². The molecule has 0 aliphatic carbocycles. The number of methoxy groups -OCH3 is 1. The molecule has 1 fully saturated rings. The summed E-state index contributed by atoms with van der Waals surface area (Å²) in [5.41, 5.74) is 0.962. The monoisotopic (exact) mass is 440 g/mol. The summed E-state index contributed by atoms with van der Waals surface area (Å²) in [6, 6.07) is 11.3. The van der Waals surface area contributed by atoms with Gasteiger partial charge < -0.3 is 14.7 Å². The molecule has 1 aliphatic rings. The van der Waals surface area contributed by atoms with Gasteiger partial charge in [-0.15, -0.1) is 11.3 Å². The first-order valence-corrected chi connectivity index (χ1v) is 10.3. The Morgan fingerprint density at radius 2 is 2.10 bits per heavy atom. The molecule has 152 valence electrons. The van der Waals surface area contributed by atoms with E-state index in [1.165, 1.54) is 29.5 Å². The number of carbonyl (C=O) groups is 2. The second-order valence-corrected chi connectivity index (χ2v) is 8.08. The number of hydrogen-bond donors (Lipinski definition) is 1. The quantitative estimate of drug-likeness (QED) is 0.360. The number of ether oxygens (including phenoxy) is 1. The predicted octanol–water partition coefficient (Wildman–Crippen LogP) is 4.43. The van der Waals surface area contributed by atoms with Gasteiger partial charge in [0.05, 0.1) is 30.3 Å². The van der Waals surface area contributed by atoms with Crippen LogP contribution in [-0.2, 0) is 16.1 Å². The van der Waals surface area contributed by atoms with Crippen LogP contribution < -0.4 is 4.74 Å². The maximum Gasteiger partial charge on any atom is 0.295 e. The number of aliphatic hydroxyl groups excluding tert-OH is 1. The summed E-state index contributed by atoms with van der Waals surface area (Å²) in [6.07, 6.45) is 3.01. The van der Waals surface area contributed by atoms with Crippen molar-refractivity contribution in [2.75, 3.05) is 7.11 Å². The topological polar surface area (TPSA) is 79.7 Å². The number of aliphatic hydroxyl groups is 1. The number of rotatable bonds is 5. The van der Waals surface area contributed by atoms with Crippen LogP contribution in [0.2, 0.25) is 5.02 Å². The van der Waals surface area contributed by atoms with Crippen molar-refractivity contribution in [1.29, 1.82) is 0 Å². The third-order valence-corrected chi connectivity index (χ3v) is 6.03. The van der Waals surface area contributed by atoms with Crippen LogP contribution in [0.5, 0.6) is 5.75 Å². The molecule has 6 nitrogen and oxygen atoms in total. The molecule has 1 atom stereocenters. The molecule has 1 unspecified atom stereocenters. The van der Waals surface area contributed by atoms with E-state index in [2.05, 4.69) is 4.98 Å². The summed E-state index contributed by atoms with van der Waals surface area (Å²) in [6.45, 7) is 0.236. The Labute approximate surface area is 182 Å². The second-order valence-electron chi connectivity index (χ2n) is 6.64. The molecule has 1 N–H and O–H groups in total. The van der Waals surface area contributed by atoms with E-state index in [0.29, 0.717) is 21.9 Å². The zero-order valence-electron chi connectivity index (χ0n) is 15.9. The summed E-state index contributed by atoms with van der Waals surface area (Å²) in [5.74, 6) is -1.22. The minimum Gasteiger partial charge on any atom is -0.507 e. The van der Waals surface area contributed by atoms with E-state index >= 15 is 0 Å². The largest absolute Gasteiger partial charge is 0.507 e. The highest BCUT2D eigenvalue weighted by atomic mass is 35.5. The normalized spacial score (nSPS) is 18.1. The van der Waals surface area contributed by atoms with E-state index in [9.17, 15) is 14.7 Å². The fourth-order valence-electron chi connectivity index (χ4n) is 3.47. The summed E-state index contributed by atoms with van der Waals surface area (Å²) < 4.78 is 5.21. The summed E-state index contributed by atoms with van der Waals surface area (Å²) in [5, 5.41) is 13.2. The van der Waals surface area contributed by atoms with Crippen molar-refractivity contribution < 1.29 is 19.4 Å². The molecule has 1 amide bonds. The van der Waals surface area contributed by atoms with Crippen molar-refractivity contribution in [1.82, 2.24) is 9.88 Å². The first-order valence-electron chi connectivity index (χ1n) is 9.06. The molecule has 0 saturated carbocycles. The van der Waals surface area contributed by atoms with Crippen LogP contribution in [-0.4, -0.2) is 33.8 Å². The van der Waals surface area contributed by atoms with Crippen LogP contribution in [0.3, 0.4) is 0 Å². The average Bonchev–Trinajstić information content (AvgIpc) is 3.36. The lowest BCUT2D eigenvalue weighted by atomic mass is 9.95. The number of pyridine rings is 1. The van der Waals surface area contributed by atoms with Crippen molar-refractivity contribution in [3.63, 3.8) is 0 Å². The number of ketones is 1. The number of benzene rings is 1. The molecular weight excluding hydrogens is 424 g/mol. The minimum atomic E-state index is -0.796. The maximum absolute atomic E-state index is 13.0. The predicted molar refractivity (Wildman–Crippen MR) is 114 cm³/mol. The molecular formula is C22H17ClN2O4S. The smallest absolute Gasteiger partial charge is 0.295 e. The number of halogens is 1. The van der Waals surface area contributed by atoms with E-state index < -0.39 is 17.7 Å². The number of aromatic nitrogens is 1. The zero-order valence-corrected chi connectivity index (χ0v) is 17.5. The molecule has 1 saturated heterocycles. The zero-order chi connectivity index (χ0) is 21.3. The molecule has 0 bridgehead atoms. The van der Waals surface area contributed by atoms with Crippen molar-refractivity contribution in [2.24, 2.45) is 0 Å². The maximum atomic E-state index is 13.0. The SMILES string of the molecule is COc1ccc(C2/C(=C(\O)c3cccnc3)C(=O)C(=O)N2Cc2cccs2)cc1Cl. The molecule has 1 aromatic carbocycles. The highest BCUT2D eigenvalue weighted by Gasteiger charge is 2.46. The molecule has 1 aliphatic heterocycles. The fraction of sp³-hybridized carbons (Fsp3) is 0.136. The fourth-order valence-corrected chi connectivity index (χ4v) is 4.44. The van der Waals surface area contributed by atoms with Gasteiger partial charge in [-0.2, -0.15) is 0 Å². The molecule has 0 spiro atoms. The number of Topliss-reactive ketones (excluding diaryl/α,β-unsaturated/α-hetero) is 1. The molecule has 2 aromatic heterocycles. The van der Waals surface area contributed by atoms with E-state index in [1.807, 2.05) is 17.5 Å². The summed E-state index contributed by atoms with van der Waals surface area (Å²) >= 11 is 7.80. The van der Waals surface area contributed by atoms with E-state index in [0.717, 1.165) is 4.88 Å². The van der Waals surface area contributed by atoms with Crippen molar-refractivity contribution >= 4 is 40.4 Å². The van der Waals surface area contributed by atoms with Crippen molar-refractivity contribution in [3.8, 4) is 5.75 Å². The van der Waals surface area contributed by atoms with Gasteiger partial charge in [-0.3, -0.25) is 14.6 Å². The van der Waals surface area contributed by atoms with Gasteiger partial charge in [0, 0.05) is 22.8 Å². The van der Waals surface area contributed by atoms with E-state index in [-0.39, 0.29) is 17.9 Å². The Hall–Kier alpha value is -3.16. The van der Waals surface area contributed by atoms with Gasteiger partial charge in [-0.25, -0.2) is 0 Å². The van der Waals surface area contributed by atoms with Crippen LogP contribution in [0.4, 0.5) is 0 Å². The van der Waals surface area contributed by atoms with Crippen LogP contribution in [0.25, 0.3) is 5.76 Å². The highest BCUT2D eigenvalue weighted by Crippen LogP contribution is 2.42. The van der Waals surface area contributed by atoms with Gasteiger partial charge in [-0.05, 0) is 41.3 Å². The number of likely N-dealkylation sites (tertiary alicyclic amines) is 1. The second kappa shape index (κ2) is 8.30. The van der Waals surface area contributed by atoms with E-state index in [1.54, 1.807) is 36.5 Å². The Balaban J connectivity index is 1.88. The minimum absolute atomic E-state index is 0.00536. The molecule has 3 aromatic rings. The van der Waals surface area contributed by atoms with Gasteiger partial charge >= 0.3 is 0 Å². The van der Waals surface area contributed by atoms with E-state index in [4.69, 9.17) is 16.3 Å². The van der Waals surface area contributed by atoms with Crippen LogP contribution >= 0.6 is 22.9 Å². The van der Waals surface area contributed by atoms with Crippen molar-refractivity contribution in [3.05, 3.63) is 86.8 Å². The molecule has 3 heterocycles. The lowest BCUT2D eigenvalue weighted by Gasteiger charge is -2.25. The van der Waals surface area contributed by atoms with Gasteiger partial charge in [0.2, 0.25) is 0 Å². The standard InChI is InChI=1S/C22H17ClN2O4S/c1-29-17-7-6-13(10-16(17)23)19-18(20(26)14-4-2-8-24-11-14)21(27)22(28)25(19)12-15-5-3-9-30-15/h2-11,19,26H,12H2,1H3/b20-18+. The number of nitrogens with zero attached hydrogens (tertiary/aromatic N) is 2. The van der Waals surface area contributed by atoms with Crippen molar-refractivity contribution in [2.45, 2.75) is 12.6 Å². The van der Waals surface area contributed by atoms with Gasteiger partial charge in [-0.1, -0.05) is 23.7 Å². The van der Waals surface area contributed by atoms with Gasteiger partial charge in [0.25, 0.3) is 11.7 Å². The number of thiophene rings is 1. The lowest BCUT2D eigenvalue weighted by Crippen LogP contribution is -2.28. The number of amides is 1. The first kappa shape index (κ1) is 20.1. The molecule has 0 radical (unpaired) electrons. The van der Waals surface area contributed by atoms with Gasteiger partial charge in [0.1, 0.15) is 11.5 Å². The number of carbonyl (C=O) groups excluding carboxylic acids is 2.